The van der Waals surface area contributed by atoms with E-state index in [1.807, 2.05) is 12.1 Å². The van der Waals surface area contributed by atoms with Crippen molar-refractivity contribution in [1.29, 1.82) is 0 Å². The van der Waals surface area contributed by atoms with Gasteiger partial charge >= 0.3 is 5.97 Å². The molecule has 0 aliphatic carbocycles. The Bertz CT molecular complexity index is 960. The number of halogens is 2. The van der Waals surface area contributed by atoms with Gasteiger partial charge in [0.05, 0.1) is 0 Å². The first-order chi connectivity index (χ1) is 13.6. The van der Waals surface area contributed by atoms with Crippen LogP contribution in [0.15, 0.2) is 59.1 Å². The lowest BCUT2D eigenvalue weighted by Crippen LogP contribution is -2.37. The largest absolute Gasteiger partial charge is 0.458 e. The minimum Gasteiger partial charge on any atom is -0.458 e. The van der Waals surface area contributed by atoms with Gasteiger partial charge in [-0.05, 0) is 48.4 Å². The fraction of sp³-hybridized carbons (Fsp3) is 0.200. The maximum atomic E-state index is 13.0. The predicted octanol–water partition coefficient (Wildman–Crippen LogP) is 3.79. The number of aromatic nitrogens is 1. The molecule has 1 saturated heterocycles. The molecule has 1 aliphatic rings. The smallest absolute Gasteiger partial charge is 0.324 e. The van der Waals surface area contributed by atoms with E-state index in [0.29, 0.717) is 22.9 Å². The van der Waals surface area contributed by atoms with Crippen molar-refractivity contribution in [2.75, 3.05) is 0 Å². The molecule has 1 aromatic heterocycles. The molecule has 2 aromatic carbocycles. The molecular weight excluding hydrogens is 385 g/mol. The van der Waals surface area contributed by atoms with Crippen LogP contribution in [0.5, 0.6) is 0 Å². The molecule has 0 spiro atoms. The van der Waals surface area contributed by atoms with Gasteiger partial charge in [0.25, 0.3) is 0 Å². The van der Waals surface area contributed by atoms with E-state index in [0.717, 1.165) is 11.1 Å². The van der Waals surface area contributed by atoms with Crippen LogP contribution in [0.25, 0.3) is 11.3 Å². The number of carbonyl (C=O) groups is 1. The number of nitrogens with one attached hydrogen (secondary N) is 2. The quantitative estimate of drug-likeness (QED) is 0.633. The fourth-order valence-corrected chi connectivity index (χ4v) is 3.13. The topological polar surface area (TPSA) is 76.4 Å². The second-order valence-electron chi connectivity index (χ2n) is 6.48. The van der Waals surface area contributed by atoms with Crippen molar-refractivity contribution >= 4 is 17.6 Å². The highest BCUT2D eigenvalue weighted by Crippen LogP contribution is 2.24. The van der Waals surface area contributed by atoms with Crippen LogP contribution in [0.2, 0.25) is 5.02 Å². The molecule has 2 unspecified atom stereocenters. The summed E-state index contributed by atoms with van der Waals surface area (Å²) in [5.74, 6) is -0.121. The summed E-state index contributed by atoms with van der Waals surface area (Å²) in [5.41, 5.74) is 8.19. The number of benzene rings is 2. The third kappa shape index (κ3) is 4.22. The monoisotopic (exact) mass is 401 g/mol. The summed E-state index contributed by atoms with van der Waals surface area (Å²) < 4.78 is 23.7. The number of ether oxygens (including phenoxy) is 1. The van der Waals surface area contributed by atoms with Crippen molar-refractivity contribution in [3.8, 4) is 11.3 Å². The van der Waals surface area contributed by atoms with Crippen molar-refractivity contribution in [3.05, 3.63) is 76.7 Å². The van der Waals surface area contributed by atoms with Gasteiger partial charge in [-0.25, -0.2) is 15.2 Å². The molecule has 28 heavy (non-hydrogen) atoms. The molecule has 0 bridgehead atoms. The number of nitrogens with zero attached hydrogens (tertiary/aromatic N) is 1. The van der Waals surface area contributed by atoms with Gasteiger partial charge < -0.3 is 9.26 Å². The Morgan fingerprint density at radius 3 is 2.68 bits per heavy atom. The van der Waals surface area contributed by atoms with E-state index < -0.39 is 12.0 Å². The molecule has 1 aliphatic heterocycles. The van der Waals surface area contributed by atoms with Crippen LogP contribution in [0.1, 0.15) is 23.7 Å². The zero-order valence-corrected chi connectivity index (χ0v) is 15.4. The molecule has 1 fully saturated rings. The van der Waals surface area contributed by atoms with E-state index in [-0.39, 0.29) is 18.5 Å². The van der Waals surface area contributed by atoms with E-state index >= 15 is 0 Å². The molecule has 4 rings (SSSR count). The lowest BCUT2D eigenvalue weighted by Gasteiger charge is -2.09. The number of hydrazine groups is 1. The SMILES string of the molecule is O=C(OCc1cc(-c2ccc(Cl)cc2)on1)C1CC(c2ccc(F)cc2)NN1. The number of esters is 1. The van der Waals surface area contributed by atoms with Gasteiger partial charge in [-0.2, -0.15) is 0 Å². The summed E-state index contributed by atoms with van der Waals surface area (Å²) in [6.45, 7) is 0.00924. The van der Waals surface area contributed by atoms with Gasteiger partial charge in [-0.3, -0.25) is 4.79 Å². The summed E-state index contributed by atoms with van der Waals surface area (Å²) in [4.78, 5) is 12.3. The minimum absolute atomic E-state index is 0.00924. The first kappa shape index (κ1) is 18.6. The van der Waals surface area contributed by atoms with E-state index in [9.17, 15) is 9.18 Å². The zero-order valence-electron chi connectivity index (χ0n) is 14.7. The van der Waals surface area contributed by atoms with Crippen LogP contribution in [-0.4, -0.2) is 17.2 Å². The molecule has 0 radical (unpaired) electrons. The highest BCUT2D eigenvalue weighted by Gasteiger charge is 2.31. The number of rotatable bonds is 5. The molecule has 0 saturated carbocycles. The van der Waals surface area contributed by atoms with E-state index in [2.05, 4.69) is 16.0 Å². The van der Waals surface area contributed by atoms with Crippen molar-refractivity contribution in [3.63, 3.8) is 0 Å². The minimum atomic E-state index is -0.502. The maximum absolute atomic E-state index is 13.0. The normalized spacial score (nSPS) is 18.9. The second kappa shape index (κ2) is 8.10. The predicted molar refractivity (Wildman–Crippen MR) is 101 cm³/mol. The van der Waals surface area contributed by atoms with Gasteiger partial charge in [0.1, 0.15) is 24.2 Å². The highest BCUT2D eigenvalue weighted by molar-refractivity contribution is 6.30. The summed E-state index contributed by atoms with van der Waals surface area (Å²) in [6, 6.07) is 14.5. The van der Waals surface area contributed by atoms with Crippen molar-refractivity contribution in [2.45, 2.75) is 25.1 Å². The van der Waals surface area contributed by atoms with Crippen molar-refractivity contribution < 1.29 is 18.4 Å². The van der Waals surface area contributed by atoms with Crippen LogP contribution in [0.3, 0.4) is 0 Å². The number of hydrogen-bond acceptors (Lipinski definition) is 6. The zero-order chi connectivity index (χ0) is 19.5. The molecule has 2 heterocycles. The fourth-order valence-electron chi connectivity index (χ4n) is 3.00. The average Bonchev–Trinajstić information content (AvgIpc) is 3.37. The molecule has 8 heteroatoms. The first-order valence-electron chi connectivity index (χ1n) is 8.73. The number of carbonyl (C=O) groups excluding carboxylic acids is 1. The third-order valence-corrected chi connectivity index (χ3v) is 4.76. The Labute approximate surface area is 165 Å². The van der Waals surface area contributed by atoms with Crippen LogP contribution >= 0.6 is 11.6 Å². The van der Waals surface area contributed by atoms with E-state index in [1.165, 1.54) is 12.1 Å². The Hall–Kier alpha value is -2.74. The Morgan fingerprint density at radius 2 is 1.93 bits per heavy atom. The molecule has 0 amide bonds. The van der Waals surface area contributed by atoms with Gasteiger partial charge in [-0.15, -0.1) is 0 Å². The number of hydrogen-bond donors (Lipinski definition) is 2. The van der Waals surface area contributed by atoms with Gasteiger partial charge in [0.2, 0.25) is 0 Å². The van der Waals surface area contributed by atoms with Crippen molar-refractivity contribution in [1.82, 2.24) is 16.0 Å². The van der Waals surface area contributed by atoms with Gasteiger partial charge in [0.15, 0.2) is 5.76 Å². The van der Waals surface area contributed by atoms with Crippen LogP contribution in [-0.2, 0) is 16.1 Å². The average molecular weight is 402 g/mol. The van der Waals surface area contributed by atoms with Gasteiger partial charge in [-0.1, -0.05) is 28.9 Å². The van der Waals surface area contributed by atoms with Crippen LogP contribution in [0, 0.1) is 5.82 Å². The standard InChI is InChI=1S/C20H17ClFN3O3/c21-14-5-1-13(2-6-14)19-9-16(25-28-19)11-27-20(26)18-10-17(23-24-18)12-3-7-15(22)8-4-12/h1-9,17-18,23-24H,10-11H2. The molecule has 144 valence electrons. The Kier molecular flexibility index (Phi) is 5.38. The van der Waals surface area contributed by atoms with E-state index in [4.69, 9.17) is 20.9 Å². The third-order valence-electron chi connectivity index (χ3n) is 4.51. The molecule has 2 atom stereocenters. The molecule has 2 N–H and O–H groups in total. The van der Waals surface area contributed by atoms with E-state index in [1.54, 1.807) is 30.3 Å². The van der Waals surface area contributed by atoms with Gasteiger partial charge in [0, 0.05) is 22.7 Å². The first-order valence-corrected chi connectivity index (χ1v) is 9.11. The molecular formula is C20H17ClFN3O3. The summed E-state index contributed by atoms with van der Waals surface area (Å²) >= 11 is 5.88. The molecule has 3 aromatic rings. The Balaban J connectivity index is 1.31. The Morgan fingerprint density at radius 1 is 1.18 bits per heavy atom. The summed E-state index contributed by atoms with van der Waals surface area (Å²) in [7, 11) is 0. The summed E-state index contributed by atoms with van der Waals surface area (Å²) in [6.07, 6.45) is 0.499. The van der Waals surface area contributed by atoms with Crippen LogP contribution in [0.4, 0.5) is 4.39 Å². The maximum Gasteiger partial charge on any atom is 0.324 e. The van der Waals surface area contributed by atoms with Crippen molar-refractivity contribution in [2.24, 2.45) is 0 Å². The second-order valence-corrected chi connectivity index (χ2v) is 6.91. The molecule has 6 nitrogen and oxygen atoms in total. The highest BCUT2D eigenvalue weighted by atomic mass is 35.5. The summed E-state index contributed by atoms with van der Waals surface area (Å²) in [5, 5.41) is 4.56. The van der Waals surface area contributed by atoms with Crippen LogP contribution < -0.4 is 10.9 Å². The lowest BCUT2D eigenvalue weighted by molar-refractivity contribution is -0.147. The lowest BCUT2D eigenvalue weighted by atomic mass is 10.0.